The van der Waals surface area contributed by atoms with Crippen molar-refractivity contribution < 1.29 is 13.2 Å². The van der Waals surface area contributed by atoms with Crippen LogP contribution in [0.1, 0.15) is 17.3 Å². The number of allylic oxidation sites excluding steroid dienone is 1. The van der Waals surface area contributed by atoms with E-state index >= 15 is 0 Å². The van der Waals surface area contributed by atoms with Crippen LogP contribution in [0.4, 0.5) is 0 Å². The average Bonchev–Trinajstić information content (AvgIpc) is 2.85. The Labute approximate surface area is 147 Å². The van der Waals surface area contributed by atoms with Gasteiger partial charge in [0.1, 0.15) is 5.01 Å². The number of thiazole rings is 1. The number of benzene rings is 1. The van der Waals surface area contributed by atoms with Gasteiger partial charge < -0.3 is 5.32 Å². The lowest BCUT2D eigenvalue weighted by molar-refractivity contribution is -0.122. The zero-order valence-corrected chi connectivity index (χ0v) is 15.4. The van der Waals surface area contributed by atoms with Gasteiger partial charge in [-0.15, -0.1) is 17.9 Å². The monoisotopic (exact) mass is 417 g/mol. The number of carbonyl (C=O) groups is 1. The molecule has 3 N–H and O–H groups in total. The van der Waals surface area contributed by atoms with Gasteiger partial charge in [0, 0.05) is 11.0 Å². The Hall–Kier alpha value is -1.29. The van der Waals surface area contributed by atoms with E-state index in [1.165, 1.54) is 11.3 Å². The van der Waals surface area contributed by atoms with Crippen LogP contribution in [-0.2, 0) is 14.8 Å². The fourth-order valence-corrected chi connectivity index (χ4v) is 4.01. The number of carbonyl (C=O) groups excluding carboxylic acids is 1. The van der Waals surface area contributed by atoms with E-state index in [1.807, 2.05) is 18.2 Å². The molecule has 1 unspecified atom stereocenters. The van der Waals surface area contributed by atoms with Gasteiger partial charge in [0.15, 0.2) is 0 Å². The van der Waals surface area contributed by atoms with Gasteiger partial charge in [-0.25, -0.2) is 18.5 Å². The fraction of sp³-hybridized carbons (Fsp3) is 0.286. The van der Waals surface area contributed by atoms with E-state index in [2.05, 4.69) is 32.8 Å². The van der Waals surface area contributed by atoms with Crippen LogP contribution in [0.5, 0.6) is 0 Å². The molecule has 2 rings (SSSR count). The van der Waals surface area contributed by atoms with Crippen molar-refractivity contribution in [2.75, 3.05) is 12.3 Å². The van der Waals surface area contributed by atoms with Crippen molar-refractivity contribution in [3.8, 4) is 0 Å². The van der Waals surface area contributed by atoms with Crippen LogP contribution in [0.15, 0.2) is 35.3 Å². The first-order valence-corrected chi connectivity index (χ1v) is 10.1. The third kappa shape index (κ3) is 5.10. The number of hydrogen-bond acceptors (Lipinski definition) is 5. The zero-order chi connectivity index (χ0) is 17.0. The molecule has 1 aromatic carbocycles. The van der Waals surface area contributed by atoms with Crippen LogP contribution < -0.4 is 10.5 Å². The maximum atomic E-state index is 12.3. The molecule has 0 saturated heterocycles. The Morgan fingerprint density at radius 3 is 2.91 bits per heavy atom. The molecule has 1 aromatic heterocycles. The lowest BCUT2D eigenvalue weighted by Gasteiger charge is -2.12. The predicted octanol–water partition coefficient (Wildman–Crippen LogP) is 2.12. The highest BCUT2D eigenvalue weighted by Gasteiger charge is 2.23. The van der Waals surface area contributed by atoms with Crippen LogP contribution in [-0.4, -0.2) is 31.6 Å². The van der Waals surface area contributed by atoms with Crippen molar-refractivity contribution in [3.63, 3.8) is 0 Å². The number of hydrogen-bond donors (Lipinski definition) is 2. The summed E-state index contributed by atoms with van der Waals surface area (Å²) < 4.78 is 23.8. The Kier molecular flexibility index (Phi) is 5.90. The third-order valence-electron chi connectivity index (χ3n) is 3.07. The summed E-state index contributed by atoms with van der Waals surface area (Å²) in [6.45, 7) is 3.64. The zero-order valence-electron chi connectivity index (χ0n) is 12.2. The van der Waals surface area contributed by atoms with Gasteiger partial charge >= 0.3 is 0 Å². The molecule has 1 atom stereocenters. The summed E-state index contributed by atoms with van der Waals surface area (Å²) in [5.74, 6) is -1.08. The normalized spacial score (nSPS) is 13.0. The number of rotatable bonds is 7. The Morgan fingerprint density at radius 1 is 1.52 bits per heavy atom. The Bertz CT molecular complexity index is 833. The summed E-state index contributed by atoms with van der Waals surface area (Å²) >= 11 is 4.84. The van der Waals surface area contributed by atoms with E-state index in [9.17, 15) is 13.2 Å². The second kappa shape index (κ2) is 7.52. The molecule has 0 aliphatic heterocycles. The van der Waals surface area contributed by atoms with Crippen LogP contribution in [0, 0.1) is 0 Å². The van der Waals surface area contributed by atoms with E-state index < -0.39 is 15.9 Å². The number of sulfonamides is 1. The van der Waals surface area contributed by atoms with E-state index in [-0.39, 0.29) is 18.2 Å². The van der Waals surface area contributed by atoms with Gasteiger partial charge in [-0.2, -0.15) is 0 Å². The van der Waals surface area contributed by atoms with Crippen LogP contribution in [0.2, 0.25) is 0 Å². The molecule has 6 nitrogen and oxygen atoms in total. The highest BCUT2D eigenvalue weighted by Crippen LogP contribution is 2.31. The van der Waals surface area contributed by atoms with E-state index in [4.69, 9.17) is 5.14 Å². The van der Waals surface area contributed by atoms with Crippen molar-refractivity contribution in [1.82, 2.24) is 10.3 Å². The molecular formula is C14H16BrN3O3S2. The molecule has 0 radical (unpaired) electrons. The predicted molar refractivity (Wildman–Crippen MR) is 95.9 cm³/mol. The third-order valence-corrected chi connectivity index (χ3v) is 5.47. The number of fused-ring (bicyclic) bond motifs is 1. The van der Waals surface area contributed by atoms with Gasteiger partial charge in [-0.05, 0) is 24.6 Å². The van der Waals surface area contributed by atoms with Crippen LogP contribution in [0.3, 0.4) is 0 Å². The number of nitrogens with one attached hydrogen (secondary N) is 1. The molecule has 9 heteroatoms. The second-order valence-electron chi connectivity index (χ2n) is 4.90. The average molecular weight is 418 g/mol. The van der Waals surface area contributed by atoms with Gasteiger partial charge in [-0.3, -0.25) is 4.79 Å². The fourth-order valence-electron chi connectivity index (χ4n) is 1.99. The minimum absolute atomic E-state index is 0.0260. The number of nitrogens with zero attached hydrogens (tertiary/aromatic N) is 1. The number of nitrogens with two attached hydrogens (primary N) is 1. The Morgan fingerprint density at radius 2 is 2.26 bits per heavy atom. The maximum absolute atomic E-state index is 12.3. The van der Waals surface area contributed by atoms with Gasteiger partial charge in [0.25, 0.3) is 0 Å². The molecular weight excluding hydrogens is 402 g/mol. The first kappa shape index (κ1) is 18.1. The summed E-state index contributed by atoms with van der Waals surface area (Å²) in [5, 5.41) is 8.18. The number of halogens is 1. The molecule has 1 amide bonds. The molecule has 0 saturated carbocycles. The first-order valence-electron chi connectivity index (χ1n) is 6.75. The minimum Gasteiger partial charge on any atom is -0.354 e. The topological polar surface area (TPSA) is 102 Å². The minimum atomic E-state index is -3.60. The Balaban J connectivity index is 2.18. The summed E-state index contributed by atoms with van der Waals surface area (Å²) in [5.41, 5.74) is 0.819. The van der Waals surface area contributed by atoms with Gasteiger partial charge in [0.2, 0.25) is 15.9 Å². The van der Waals surface area contributed by atoms with E-state index in [0.29, 0.717) is 11.4 Å². The second-order valence-corrected chi connectivity index (χ2v) is 8.61. The number of primary sulfonamides is 1. The molecule has 1 heterocycles. The van der Waals surface area contributed by atoms with E-state index in [0.717, 1.165) is 14.7 Å². The SMILES string of the molecule is C=CCC(C(=O)NCCS(N)(=O)=O)c1nc2ccc(Br)cc2s1. The maximum Gasteiger partial charge on any atom is 0.230 e. The molecule has 124 valence electrons. The van der Waals surface area contributed by atoms with Gasteiger partial charge in [0.05, 0.1) is 21.9 Å². The summed E-state index contributed by atoms with van der Waals surface area (Å²) in [6.07, 6.45) is 2.06. The number of amides is 1. The van der Waals surface area contributed by atoms with Crippen LogP contribution >= 0.6 is 27.3 Å². The smallest absolute Gasteiger partial charge is 0.230 e. The highest BCUT2D eigenvalue weighted by molar-refractivity contribution is 9.10. The summed E-state index contributed by atoms with van der Waals surface area (Å²) in [7, 11) is -3.60. The van der Waals surface area contributed by atoms with Crippen molar-refractivity contribution in [2.45, 2.75) is 12.3 Å². The quantitative estimate of drug-likeness (QED) is 0.673. The molecule has 0 aliphatic rings. The first-order chi connectivity index (χ1) is 10.8. The van der Waals surface area contributed by atoms with Crippen molar-refractivity contribution in [3.05, 3.63) is 40.3 Å². The van der Waals surface area contributed by atoms with Gasteiger partial charge in [-0.1, -0.05) is 22.0 Å². The summed E-state index contributed by atoms with van der Waals surface area (Å²) in [4.78, 5) is 16.8. The van der Waals surface area contributed by atoms with E-state index in [1.54, 1.807) is 6.08 Å². The van der Waals surface area contributed by atoms with Crippen molar-refractivity contribution >= 4 is 53.4 Å². The molecule has 0 spiro atoms. The standard InChI is InChI=1S/C14H16BrN3O3S2/c1-2-3-10(13(19)17-6-7-23(16,20)21)14-18-11-5-4-9(15)8-12(11)22-14/h2,4-5,8,10H,1,3,6-7H2,(H,17,19)(H2,16,20,21). The van der Waals surface area contributed by atoms with Crippen LogP contribution in [0.25, 0.3) is 10.2 Å². The lowest BCUT2D eigenvalue weighted by atomic mass is 10.1. The molecule has 0 bridgehead atoms. The van der Waals surface area contributed by atoms with Crippen molar-refractivity contribution in [2.24, 2.45) is 5.14 Å². The number of aromatic nitrogens is 1. The van der Waals surface area contributed by atoms with Crippen molar-refractivity contribution in [1.29, 1.82) is 0 Å². The molecule has 23 heavy (non-hydrogen) atoms. The lowest BCUT2D eigenvalue weighted by Crippen LogP contribution is -2.34. The highest BCUT2D eigenvalue weighted by atomic mass is 79.9. The molecule has 2 aromatic rings. The molecule has 0 fully saturated rings. The largest absolute Gasteiger partial charge is 0.354 e. The summed E-state index contributed by atoms with van der Waals surface area (Å²) in [6, 6.07) is 5.71. The molecule has 0 aliphatic carbocycles.